The van der Waals surface area contributed by atoms with Crippen LogP contribution in [0.1, 0.15) is 61.8 Å². The molecule has 37 heavy (non-hydrogen) atoms. The lowest BCUT2D eigenvalue weighted by molar-refractivity contribution is -0.143. The molecular formula is C27H27F6NO3. The summed E-state index contributed by atoms with van der Waals surface area (Å²) >= 11 is 0. The van der Waals surface area contributed by atoms with Crippen LogP contribution in [0.5, 0.6) is 0 Å². The summed E-state index contributed by atoms with van der Waals surface area (Å²) < 4.78 is 87.5. The average molecular weight is 528 g/mol. The summed E-state index contributed by atoms with van der Waals surface area (Å²) in [6.45, 7) is 5.33. The number of carbonyl (C=O) groups excluding carboxylic acids is 2. The first-order chi connectivity index (χ1) is 17.1. The lowest BCUT2D eigenvalue weighted by Gasteiger charge is -2.46. The van der Waals surface area contributed by atoms with E-state index in [9.17, 15) is 35.9 Å². The molecule has 10 heteroatoms. The second kappa shape index (κ2) is 10.2. The molecule has 1 aliphatic rings. The zero-order valence-electron chi connectivity index (χ0n) is 20.5. The molecule has 2 aromatic rings. The fourth-order valence-corrected chi connectivity index (χ4v) is 4.83. The maximum Gasteiger partial charge on any atom is 0.416 e. The maximum absolute atomic E-state index is 14.1. The van der Waals surface area contributed by atoms with E-state index in [1.807, 2.05) is 0 Å². The average Bonchev–Trinajstić information content (AvgIpc) is 2.80. The first-order valence-corrected chi connectivity index (χ1v) is 11.6. The van der Waals surface area contributed by atoms with Gasteiger partial charge in [-0.15, -0.1) is 0 Å². The molecule has 1 amide bonds. The van der Waals surface area contributed by atoms with E-state index in [1.54, 1.807) is 57.0 Å². The molecule has 0 aromatic heterocycles. The first-order valence-electron chi connectivity index (χ1n) is 11.6. The third kappa shape index (κ3) is 6.36. The van der Waals surface area contributed by atoms with E-state index in [4.69, 9.17) is 4.74 Å². The Morgan fingerprint density at radius 2 is 1.57 bits per heavy atom. The number of hydrogen-bond acceptors (Lipinski definition) is 3. The molecule has 1 unspecified atom stereocenters. The number of alkyl halides is 6. The predicted molar refractivity (Wildman–Crippen MR) is 125 cm³/mol. The molecule has 0 saturated carbocycles. The number of rotatable bonds is 4. The van der Waals surface area contributed by atoms with Crippen LogP contribution < -0.4 is 0 Å². The number of nitrogens with zero attached hydrogens (tertiary/aromatic N) is 1. The highest BCUT2D eigenvalue weighted by Crippen LogP contribution is 2.51. The van der Waals surface area contributed by atoms with Gasteiger partial charge in [-0.25, -0.2) is 9.59 Å². The van der Waals surface area contributed by atoms with Crippen LogP contribution in [0.3, 0.4) is 0 Å². The lowest BCUT2D eigenvalue weighted by Crippen LogP contribution is -2.49. The van der Waals surface area contributed by atoms with Gasteiger partial charge in [0.1, 0.15) is 11.5 Å². The zero-order chi connectivity index (χ0) is 27.6. The Morgan fingerprint density at radius 3 is 2.05 bits per heavy atom. The summed E-state index contributed by atoms with van der Waals surface area (Å²) in [4.78, 5) is 25.7. The lowest BCUT2D eigenvalue weighted by atomic mass is 9.61. The van der Waals surface area contributed by atoms with E-state index in [2.05, 4.69) is 0 Å². The van der Waals surface area contributed by atoms with Gasteiger partial charge in [-0.05, 0) is 56.9 Å². The van der Waals surface area contributed by atoms with Crippen molar-refractivity contribution in [2.75, 3.05) is 13.1 Å². The van der Waals surface area contributed by atoms with Crippen LogP contribution in [0.25, 0.3) is 0 Å². The molecule has 0 radical (unpaired) electrons. The molecule has 3 rings (SSSR count). The minimum Gasteiger partial charge on any atom is -0.444 e. The van der Waals surface area contributed by atoms with E-state index >= 15 is 0 Å². The highest BCUT2D eigenvalue weighted by molar-refractivity contribution is 5.68. The van der Waals surface area contributed by atoms with Crippen LogP contribution in [0.15, 0.2) is 54.6 Å². The summed E-state index contributed by atoms with van der Waals surface area (Å²) in [5.74, 6) is 0.320. The van der Waals surface area contributed by atoms with Gasteiger partial charge in [0.2, 0.25) is 0 Å². The molecule has 0 bridgehead atoms. The van der Waals surface area contributed by atoms with Gasteiger partial charge in [0.15, 0.2) is 0 Å². The smallest absolute Gasteiger partial charge is 0.416 e. The van der Waals surface area contributed by atoms with Gasteiger partial charge in [-0.3, -0.25) is 0 Å². The van der Waals surface area contributed by atoms with Gasteiger partial charge in [-0.1, -0.05) is 36.4 Å². The Labute approximate surface area is 210 Å². The van der Waals surface area contributed by atoms with E-state index < -0.39 is 52.1 Å². The third-order valence-corrected chi connectivity index (χ3v) is 6.51. The summed E-state index contributed by atoms with van der Waals surface area (Å²) in [6, 6.07) is 9.96. The molecule has 2 aromatic carbocycles. The molecule has 0 spiro atoms. The van der Waals surface area contributed by atoms with Gasteiger partial charge in [-0.2, -0.15) is 26.3 Å². The van der Waals surface area contributed by atoms with Crippen LogP contribution in [0.2, 0.25) is 0 Å². The van der Waals surface area contributed by atoms with Crippen LogP contribution in [-0.2, 0) is 27.3 Å². The van der Waals surface area contributed by atoms with Crippen molar-refractivity contribution in [3.63, 3.8) is 0 Å². The summed E-state index contributed by atoms with van der Waals surface area (Å²) in [5, 5.41) is 0. The Balaban J connectivity index is 2.15. The van der Waals surface area contributed by atoms with E-state index in [-0.39, 0.29) is 32.0 Å². The van der Waals surface area contributed by atoms with Crippen molar-refractivity contribution in [2.45, 2.75) is 62.9 Å². The summed E-state index contributed by atoms with van der Waals surface area (Å²) in [7, 11) is 0. The number of likely N-dealkylation sites (tertiary alicyclic amines) is 1. The molecule has 200 valence electrons. The highest BCUT2D eigenvalue weighted by atomic mass is 19.4. The minimum atomic E-state index is -5.11. The van der Waals surface area contributed by atoms with E-state index in [0.717, 1.165) is 12.1 Å². The number of carbonyl (C=O) groups is 1. The number of benzene rings is 2. The minimum absolute atomic E-state index is 0.0789. The van der Waals surface area contributed by atoms with Crippen molar-refractivity contribution in [3.05, 3.63) is 76.9 Å². The normalized spacial score (nSPS) is 17.1. The molecule has 1 atom stereocenters. The Morgan fingerprint density at radius 1 is 0.973 bits per heavy atom. The van der Waals surface area contributed by atoms with Crippen LogP contribution >= 0.6 is 0 Å². The number of piperidine rings is 1. The van der Waals surface area contributed by atoms with Gasteiger partial charge in [0.05, 0.1) is 11.1 Å². The summed E-state index contributed by atoms with van der Waals surface area (Å²) in [6.07, 6.45) is -9.46. The van der Waals surface area contributed by atoms with E-state index in [1.165, 1.54) is 4.90 Å². The number of hydrogen-bond donors (Lipinski definition) is 0. The fourth-order valence-electron chi connectivity index (χ4n) is 4.83. The number of amides is 1. The van der Waals surface area contributed by atoms with Gasteiger partial charge in [0, 0.05) is 30.5 Å². The molecule has 1 saturated heterocycles. The third-order valence-electron chi connectivity index (χ3n) is 6.51. The molecule has 1 aliphatic heterocycles. The van der Waals surface area contributed by atoms with Crippen molar-refractivity contribution < 1.29 is 40.7 Å². The molecule has 0 N–H and O–H groups in total. The summed E-state index contributed by atoms with van der Waals surface area (Å²) in [5.41, 5.74) is -4.65. The largest absolute Gasteiger partial charge is 0.444 e. The standard InChI is InChI=1S/C27H27F6NO3/c1-24(2,3)37-23(36)34-14-12-25(13-15-34,18-7-5-4-6-8-18)21(11-16-35)20-10-9-19(26(28,29)30)17-22(20)27(31,32)33/h4-11,17,21H,12-15H2,1-3H3. The van der Waals surface area contributed by atoms with Crippen LogP contribution in [0.4, 0.5) is 31.1 Å². The van der Waals surface area contributed by atoms with Gasteiger partial charge >= 0.3 is 18.4 Å². The maximum atomic E-state index is 14.1. The molecular weight excluding hydrogens is 500 g/mol. The fraction of sp³-hybridized carbons (Fsp3) is 0.444. The van der Waals surface area contributed by atoms with E-state index in [0.29, 0.717) is 11.6 Å². The first kappa shape index (κ1) is 28.3. The van der Waals surface area contributed by atoms with Crippen molar-refractivity contribution in [3.8, 4) is 0 Å². The highest BCUT2D eigenvalue weighted by Gasteiger charge is 2.48. The van der Waals surface area contributed by atoms with Crippen molar-refractivity contribution >= 4 is 12.0 Å². The van der Waals surface area contributed by atoms with Crippen molar-refractivity contribution in [2.24, 2.45) is 0 Å². The molecule has 0 aliphatic carbocycles. The molecule has 1 heterocycles. The zero-order valence-corrected chi connectivity index (χ0v) is 20.5. The molecule has 4 nitrogen and oxygen atoms in total. The van der Waals surface area contributed by atoms with Gasteiger partial charge < -0.3 is 9.64 Å². The quantitative estimate of drug-likeness (QED) is 0.313. The molecule has 1 fully saturated rings. The Kier molecular flexibility index (Phi) is 7.84. The van der Waals surface area contributed by atoms with Crippen LogP contribution in [0, 0.1) is 0 Å². The number of allylic oxidation sites excluding steroid dienone is 1. The Hall–Kier alpha value is -3.26. The topological polar surface area (TPSA) is 46.6 Å². The van der Waals surface area contributed by atoms with Crippen molar-refractivity contribution in [1.82, 2.24) is 4.90 Å². The second-order valence-electron chi connectivity index (χ2n) is 10.0. The number of ether oxygens (including phenoxy) is 1. The second-order valence-corrected chi connectivity index (χ2v) is 10.0. The van der Waals surface area contributed by atoms with Crippen molar-refractivity contribution in [1.29, 1.82) is 0 Å². The Bertz CT molecular complexity index is 1150. The van der Waals surface area contributed by atoms with Crippen LogP contribution in [-0.4, -0.2) is 35.6 Å². The van der Waals surface area contributed by atoms with Gasteiger partial charge in [0.25, 0.3) is 0 Å². The SMILES string of the molecule is CC(C)(C)OC(=O)N1CCC(c2ccccc2)(C(C=C=O)c2ccc(C(F)(F)F)cc2C(F)(F)F)CC1. The predicted octanol–water partition coefficient (Wildman–Crippen LogP) is 7.16. The monoisotopic (exact) mass is 527 g/mol. The number of halogens is 6.